The van der Waals surface area contributed by atoms with Crippen molar-refractivity contribution in [2.75, 3.05) is 13.1 Å². The van der Waals surface area contributed by atoms with Crippen LogP contribution in [0, 0.1) is 0 Å². The van der Waals surface area contributed by atoms with Gasteiger partial charge in [-0.25, -0.2) is 0 Å². The Bertz CT molecular complexity index is 302. The van der Waals surface area contributed by atoms with E-state index in [9.17, 15) is 4.79 Å². The van der Waals surface area contributed by atoms with Gasteiger partial charge in [-0.3, -0.25) is 9.69 Å². The van der Waals surface area contributed by atoms with Crippen molar-refractivity contribution in [3.63, 3.8) is 0 Å². The fourth-order valence-electron chi connectivity index (χ4n) is 3.53. The van der Waals surface area contributed by atoms with Crippen molar-refractivity contribution < 1.29 is 4.79 Å². The number of carbonyl (C=O) groups is 1. The van der Waals surface area contributed by atoms with Crippen molar-refractivity contribution in [2.24, 2.45) is 5.73 Å². The molecule has 1 aliphatic carbocycles. The molecule has 0 aliphatic heterocycles. The van der Waals surface area contributed by atoms with E-state index >= 15 is 0 Å². The molecular weight excluding hydrogens is 250 g/mol. The lowest BCUT2D eigenvalue weighted by Gasteiger charge is -2.38. The Morgan fingerprint density at radius 1 is 1.40 bits per heavy atom. The Hall–Kier alpha value is -0.610. The third-order valence-electron chi connectivity index (χ3n) is 4.74. The van der Waals surface area contributed by atoms with E-state index < -0.39 is 5.54 Å². The molecule has 3 N–H and O–H groups in total. The normalized spacial score (nSPS) is 21.1. The fourth-order valence-corrected chi connectivity index (χ4v) is 3.53. The van der Waals surface area contributed by atoms with Gasteiger partial charge in [-0.05, 0) is 52.6 Å². The van der Waals surface area contributed by atoms with Gasteiger partial charge in [0.2, 0.25) is 5.91 Å². The number of nitrogens with one attached hydrogen (secondary N) is 1. The second-order valence-electron chi connectivity index (χ2n) is 6.45. The molecule has 118 valence electrons. The first-order valence-electron chi connectivity index (χ1n) is 8.25. The molecule has 4 heteroatoms. The SMILES string of the molecule is CCCNC(C)(CC(C)N(CC)C1CCCC1)C(N)=O. The van der Waals surface area contributed by atoms with Crippen molar-refractivity contribution >= 4 is 5.91 Å². The number of hydrogen-bond donors (Lipinski definition) is 2. The van der Waals surface area contributed by atoms with Crippen LogP contribution in [0.5, 0.6) is 0 Å². The Morgan fingerprint density at radius 2 is 2.00 bits per heavy atom. The van der Waals surface area contributed by atoms with E-state index in [-0.39, 0.29) is 5.91 Å². The summed E-state index contributed by atoms with van der Waals surface area (Å²) in [7, 11) is 0. The highest BCUT2D eigenvalue weighted by Gasteiger charge is 2.35. The molecule has 1 rings (SSSR count). The van der Waals surface area contributed by atoms with Crippen LogP contribution in [0.4, 0.5) is 0 Å². The first-order valence-corrected chi connectivity index (χ1v) is 8.25. The summed E-state index contributed by atoms with van der Waals surface area (Å²) in [6.07, 6.45) is 7.08. The second kappa shape index (κ2) is 7.99. The van der Waals surface area contributed by atoms with Crippen LogP contribution in [-0.4, -0.2) is 41.5 Å². The number of nitrogens with two attached hydrogens (primary N) is 1. The Kier molecular flexibility index (Phi) is 6.96. The lowest BCUT2D eigenvalue weighted by molar-refractivity contribution is -0.124. The predicted molar refractivity (Wildman–Crippen MR) is 84.6 cm³/mol. The van der Waals surface area contributed by atoms with Crippen LogP contribution >= 0.6 is 0 Å². The zero-order chi connectivity index (χ0) is 15.2. The van der Waals surface area contributed by atoms with E-state index in [2.05, 4.69) is 31.0 Å². The van der Waals surface area contributed by atoms with Gasteiger partial charge >= 0.3 is 0 Å². The molecule has 0 saturated heterocycles. The highest BCUT2D eigenvalue weighted by atomic mass is 16.1. The summed E-state index contributed by atoms with van der Waals surface area (Å²) < 4.78 is 0. The molecule has 1 fully saturated rings. The largest absolute Gasteiger partial charge is 0.368 e. The molecule has 0 aromatic rings. The average Bonchev–Trinajstić information content (AvgIpc) is 2.90. The summed E-state index contributed by atoms with van der Waals surface area (Å²) in [5, 5.41) is 3.34. The minimum absolute atomic E-state index is 0.236. The van der Waals surface area contributed by atoms with Crippen LogP contribution in [0.1, 0.15) is 66.2 Å². The third kappa shape index (κ3) is 4.45. The maximum Gasteiger partial charge on any atom is 0.237 e. The van der Waals surface area contributed by atoms with Gasteiger partial charge in [-0.1, -0.05) is 26.7 Å². The van der Waals surface area contributed by atoms with Crippen LogP contribution in [-0.2, 0) is 4.79 Å². The van der Waals surface area contributed by atoms with E-state index in [1.165, 1.54) is 25.7 Å². The van der Waals surface area contributed by atoms with Crippen LogP contribution in [0.15, 0.2) is 0 Å². The van der Waals surface area contributed by atoms with Crippen LogP contribution < -0.4 is 11.1 Å². The van der Waals surface area contributed by atoms with Crippen molar-refractivity contribution in [2.45, 2.75) is 83.8 Å². The molecule has 0 spiro atoms. The van der Waals surface area contributed by atoms with Crippen molar-refractivity contribution in [1.82, 2.24) is 10.2 Å². The molecule has 1 aliphatic rings. The Balaban J connectivity index is 2.67. The Labute approximate surface area is 124 Å². The summed E-state index contributed by atoms with van der Waals surface area (Å²) in [5.41, 5.74) is 5.04. The summed E-state index contributed by atoms with van der Waals surface area (Å²) in [4.78, 5) is 14.4. The molecule has 0 radical (unpaired) electrons. The first-order chi connectivity index (χ1) is 9.44. The average molecular weight is 283 g/mol. The van der Waals surface area contributed by atoms with Gasteiger partial charge in [-0.15, -0.1) is 0 Å². The highest BCUT2D eigenvalue weighted by Crippen LogP contribution is 2.27. The molecule has 0 bridgehead atoms. The van der Waals surface area contributed by atoms with Crippen LogP contribution in [0.25, 0.3) is 0 Å². The van der Waals surface area contributed by atoms with Gasteiger partial charge in [0.15, 0.2) is 0 Å². The van der Waals surface area contributed by atoms with Gasteiger partial charge in [0.25, 0.3) is 0 Å². The molecule has 2 atom stereocenters. The molecule has 4 nitrogen and oxygen atoms in total. The lowest BCUT2D eigenvalue weighted by Crippen LogP contribution is -2.57. The van der Waals surface area contributed by atoms with E-state index in [0.29, 0.717) is 12.1 Å². The molecular formula is C16H33N3O. The second-order valence-corrected chi connectivity index (χ2v) is 6.45. The Morgan fingerprint density at radius 3 is 2.45 bits per heavy atom. The van der Waals surface area contributed by atoms with Crippen molar-refractivity contribution in [3.8, 4) is 0 Å². The van der Waals surface area contributed by atoms with Gasteiger partial charge < -0.3 is 11.1 Å². The molecule has 0 heterocycles. The predicted octanol–water partition coefficient (Wildman–Crippen LogP) is 2.27. The smallest absolute Gasteiger partial charge is 0.237 e. The number of carbonyl (C=O) groups excluding carboxylic acids is 1. The third-order valence-corrected chi connectivity index (χ3v) is 4.74. The topological polar surface area (TPSA) is 58.4 Å². The fraction of sp³-hybridized carbons (Fsp3) is 0.938. The van der Waals surface area contributed by atoms with Crippen molar-refractivity contribution in [1.29, 1.82) is 0 Å². The summed E-state index contributed by atoms with van der Waals surface area (Å²) in [5.74, 6) is -0.236. The molecule has 2 unspecified atom stereocenters. The highest BCUT2D eigenvalue weighted by molar-refractivity contribution is 5.84. The van der Waals surface area contributed by atoms with E-state index in [1.54, 1.807) is 0 Å². The van der Waals surface area contributed by atoms with Gasteiger partial charge in [0.05, 0.1) is 5.54 Å². The van der Waals surface area contributed by atoms with Gasteiger partial charge in [0.1, 0.15) is 0 Å². The standard InChI is InChI=1S/C16H33N3O/c1-5-11-18-16(4,15(17)20)12-13(3)19(6-2)14-9-7-8-10-14/h13-14,18H,5-12H2,1-4H3,(H2,17,20). The van der Waals surface area contributed by atoms with E-state index in [1.807, 2.05) is 6.92 Å². The van der Waals surface area contributed by atoms with Gasteiger partial charge in [0, 0.05) is 12.1 Å². The van der Waals surface area contributed by atoms with Crippen LogP contribution in [0.2, 0.25) is 0 Å². The number of hydrogen-bond acceptors (Lipinski definition) is 3. The van der Waals surface area contributed by atoms with Gasteiger partial charge in [-0.2, -0.15) is 0 Å². The summed E-state index contributed by atoms with van der Waals surface area (Å²) in [6, 6.07) is 1.07. The molecule has 0 aromatic carbocycles. The lowest BCUT2D eigenvalue weighted by atomic mass is 9.91. The number of rotatable bonds is 9. The van der Waals surface area contributed by atoms with E-state index in [4.69, 9.17) is 5.73 Å². The zero-order valence-electron chi connectivity index (χ0n) is 13.7. The van der Waals surface area contributed by atoms with E-state index in [0.717, 1.165) is 25.9 Å². The molecule has 1 saturated carbocycles. The monoisotopic (exact) mass is 283 g/mol. The number of amides is 1. The van der Waals surface area contributed by atoms with Crippen LogP contribution in [0.3, 0.4) is 0 Å². The van der Waals surface area contributed by atoms with Crippen molar-refractivity contribution in [3.05, 3.63) is 0 Å². The maximum atomic E-state index is 11.8. The number of primary amides is 1. The summed E-state index contributed by atoms with van der Waals surface area (Å²) >= 11 is 0. The molecule has 20 heavy (non-hydrogen) atoms. The molecule has 1 amide bonds. The summed E-state index contributed by atoms with van der Waals surface area (Å²) in [6.45, 7) is 10.4. The minimum Gasteiger partial charge on any atom is -0.368 e. The quantitative estimate of drug-likeness (QED) is 0.682. The minimum atomic E-state index is -0.596. The number of nitrogens with zero attached hydrogens (tertiary/aromatic N) is 1. The first kappa shape index (κ1) is 17.4. The molecule has 0 aromatic heterocycles. The maximum absolute atomic E-state index is 11.8. The zero-order valence-corrected chi connectivity index (χ0v) is 13.7.